The normalized spacial score (nSPS) is 12.8. The number of para-hydroxylation sites is 2. The highest BCUT2D eigenvalue weighted by Gasteiger charge is 2.40. The van der Waals surface area contributed by atoms with Gasteiger partial charge in [-0.3, -0.25) is 4.98 Å². The highest BCUT2D eigenvalue weighted by molar-refractivity contribution is 6.10. The first kappa shape index (κ1) is 33.9. The van der Waals surface area contributed by atoms with Gasteiger partial charge in [0.15, 0.2) is 5.82 Å². The molecule has 58 heavy (non-hydrogen) atoms. The van der Waals surface area contributed by atoms with Crippen LogP contribution in [0.15, 0.2) is 194 Å². The van der Waals surface area contributed by atoms with Crippen LogP contribution in [0.25, 0.3) is 94.8 Å². The van der Waals surface area contributed by atoms with Crippen LogP contribution in [0.5, 0.6) is 0 Å². The molecule has 0 unspecified atom stereocenters. The van der Waals surface area contributed by atoms with Crippen molar-refractivity contribution < 1.29 is 0 Å². The summed E-state index contributed by atoms with van der Waals surface area (Å²) in [7, 11) is 0. The molecule has 3 aromatic heterocycles. The predicted molar refractivity (Wildman–Crippen MR) is 239 cm³/mol. The van der Waals surface area contributed by atoms with Crippen LogP contribution in [0.3, 0.4) is 0 Å². The van der Waals surface area contributed by atoms with E-state index in [9.17, 15) is 0 Å². The lowest BCUT2D eigenvalue weighted by Crippen LogP contribution is -2.17. The van der Waals surface area contributed by atoms with Crippen LogP contribution in [0.2, 0.25) is 0 Å². The standard InChI is InChI=1S/C54H38N4/c1-54(2)47-22-8-6-21-45(47)52-50(54)51(56-53(57-52)36-26-24-35(25-27-36)42-17-12-30-55-34-42)41-16-11-15-39(32-41)37-13-10-14-38(31-37)40-28-29-49-46(33-40)44-20-7-9-23-48(44)58(49)43-18-4-3-5-19-43/h3-34H,1-2H3. The van der Waals surface area contributed by atoms with Crippen LogP contribution in [0.4, 0.5) is 0 Å². The van der Waals surface area contributed by atoms with Crippen molar-refractivity contribution >= 4 is 21.8 Å². The lowest BCUT2D eigenvalue weighted by molar-refractivity contribution is 0.658. The van der Waals surface area contributed by atoms with E-state index in [1.54, 1.807) is 6.20 Å². The molecule has 1 aliphatic carbocycles. The van der Waals surface area contributed by atoms with Crippen LogP contribution >= 0.6 is 0 Å². The smallest absolute Gasteiger partial charge is 0.160 e. The highest BCUT2D eigenvalue weighted by Crippen LogP contribution is 2.51. The molecular formula is C54H38N4. The number of hydrogen-bond donors (Lipinski definition) is 0. The molecule has 1 aliphatic rings. The Bertz CT molecular complexity index is 3180. The average molecular weight is 743 g/mol. The first-order valence-corrected chi connectivity index (χ1v) is 19.8. The van der Waals surface area contributed by atoms with Gasteiger partial charge in [-0.05, 0) is 87.5 Å². The summed E-state index contributed by atoms with van der Waals surface area (Å²) in [5, 5.41) is 2.49. The van der Waals surface area contributed by atoms with Gasteiger partial charge in [-0.15, -0.1) is 0 Å². The molecule has 0 amide bonds. The zero-order chi connectivity index (χ0) is 38.8. The zero-order valence-corrected chi connectivity index (χ0v) is 32.3. The molecular weight excluding hydrogens is 705 g/mol. The van der Waals surface area contributed by atoms with Crippen molar-refractivity contribution in [2.45, 2.75) is 19.3 Å². The summed E-state index contributed by atoms with van der Waals surface area (Å²) in [4.78, 5) is 15.0. The third-order valence-electron chi connectivity index (χ3n) is 11.9. The fraction of sp³-hybridized carbons (Fsp3) is 0.0556. The van der Waals surface area contributed by atoms with E-state index < -0.39 is 0 Å². The number of rotatable bonds is 6. The number of benzene rings is 7. The van der Waals surface area contributed by atoms with Gasteiger partial charge in [0.25, 0.3) is 0 Å². The van der Waals surface area contributed by atoms with E-state index in [4.69, 9.17) is 9.97 Å². The minimum absolute atomic E-state index is 0.276. The summed E-state index contributed by atoms with van der Waals surface area (Å²) in [5.74, 6) is 0.718. The Morgan fingerprint density at radius 3 is 1.81 bits per heavy atom. The second kappa shape index (κ2) is 13.4. The number of nitrogens with zero attached hydrogens (tertiary/aromatic N) is 4. The molecule has 0 saturated heterocycles. The fourth-order valence-corrected chi connectivity index (χ4v) is 9.03. The van der Waals surface area contributed by atoms with Crippen molar-refractivity contribution in [2.24, 2.45) is 0 Å². The minimum atomic E-state index is -0.276. The van der Waals surface area contributed by atoms with E-state index in [2.05, 4.69) is 199 Å². The predicted octanol–water partition coefficient (Wildman–Crippen LogP) is 13.6. The molecule has 3 heterocycles. The summed E-state index contributed by atoms with van der Waals surface area (Å²) >= 11 is 0. The summed E-state index contributed by atoms with van der Waals surface area (Å²) in [6, 6.07) is 65.2. The van der Waals surface area contributed by atoms with Crippen LogP contribution in [0, 0.1) is 0 Å². The molecule has 0 spiro atoms. The van der Waals surface area contributed by atoms with Gasteiger partial charge in [-0.2, -0.15) is 0 Å². The van der Waals surface area contributed by atoms with Gasteiger partial charge in [0.05, 0.1) is 22.4 Å². The summed E-state index contributed by atoms with van der Waals surface area (Å²) in [5.41, 5.74) is 17.8. The topological polar surface area (TPSA) is 43.6 Å². The Balaban J connectivity index is 1.01. The highest BCUT2D eigenvalue weighted by atomic mass is 15.0. The lowest BCUT2D eigenvalue weighted by Gasteiger charge is -2.24. The summed E-state index contributed by atoms with van der Waals surface area (Å²) < 4.78 is 2.36. The fourth-order valence-electron chi connectivity index (χ4n) is 9.03. The Morgan fingerprint density at radius 1 is 0.431 bits per heavy atom. The average Bonchev–Trinajstić information content (AvgIpc) is 3.74. The molecule has 0 N–H and O–H groups in total. The number of pyridine rings is 1. The quantitative estimate of drug-likeness (QED) is 0.170. The van der Waals surface area contributed by atoms with Crippen LogP contribution in [-0.2, 0) is 5.41 Å². The Labute approximate surface area is 337 Å². The maximum Gasteiger partial charge on any atom is 0.160 e. The van der Waals surface area contributed by atoms with Gasteiger partial charge >= 0.3 is 0 Å². The molecule has 0 aliphatic heterocycles. The zero-order valence-electron chi connectivity index (χ0n) is 32.3. The van der Waals surface area contributed by atoms with Gasteiger partial charge in [-0.25, -0.2) is 9.97 Å². The van der Waals surface area contributed by atoms with E-state index in [1.165, 1.54) is 49.6 Å². The lowest BCUT2D eigenvalue weighted by atomic mass is 9.80. The molecule has 0 radical (unpaired) electrons. The van der Waals surface area contributed by atoms with E-state index >= 15 is 0 Å². The SMILES string of the molecule is CC1(C)c2ccccc2-c2nc(-c3ccc(-c4cccnc4)cc3)nc(-c3cccc(-c4cccc(-c5ccc6c(c5)c5ccccc5n6-c5ccccc5)c4)c3)c21. The van der Waals surface area contributed by atoms with Gasteiger partial charge in [-0.1, -0.05) is 147 Å². The second-order valence-electron chi connectivity index (χ2n) is 15.7. The monoisotopic (exact) mass is 742 g/mol. The first-order chi connectivity index (χ1) is 28.5. The van der Waals surface area contributed by atoms with E-state index in [-0.39, 0.29) is 5.41 Å². The molecule has 4 nitrogen and oxygen atoms in total. The summed E-state index contributed by atoms with van der Waals surface area (Å²) in [6.07, 6.45) is 3.70. The van der Waals surface area contributed by atoms with Gasteiger partial charge in [0.2, 0.25) is 0 Å². The van der Waals surface area contributed by atoms with Crippen LogP contribution < -0.4 is 0 Å². The number of fused-ring (bicyclic) bond motifs is 6. The molecule has 7 aromatic carbocycles. The molecule has 0 saturated carbocycles. The van der Waals surface area contributed by atoms with Crippen molar-refractivity contribution in [1.82, 2.24) is 19.5 Å². The van der Waals surface area contributed by atoms with Crippen molar-refractivity contribution in [1.29, 1.82) is 0 Å². The molecule has 0 fully saturated rings. The van der Waals surface area contributed by atoms with Gasteiger partial charge in [0, 0.05) is 56.5 Å². The van der Waals surface area contributed by atoms with Gasteiger partial charge in [0.1, 0.15) is 0 Å². The van der Waals surface area contributed by atoms with Crippen molar-refractivity contribution in [3.05, 3.63) is 206 Å². The van der Waals surface area contributed by atoms with Crippen molar-refractivity contribution in [3.63, 3.8) is 0 Å². The van der Waals surface area contributed by atoms with Crippen molar-refractivity contribution in [3.8, 4) is 73.0 Å². The van der Waals surface area contributed by atoms with E-state index in [0.29, 0.717) is 0 Å². The third-order valence-corrected chi connectivity index (χ3v) is 11.9. The van der Waals surface area contributed by atoms with Crippen molar-refractivity contribution in [2.75, 3.05) is 0 Å². The molecule has 10 aromatic rings. The number of aromatic nitrogens is 4. The molecule has 0 bridgehead atoms. The largest absolute Gasteiger partial charge is 0.309 e. The molecule has 11 rings (SSSR count). The minimum Gasteiger partial charge on any atom is -0.309 e. The maximum absolute atomic E-state index is 5.42. The Morgan fingerprint density at radius 2 is 1.03 bits per heavy atom. The third kappa shape index (κ3) is 5.48. The molecule has 0 atom stereocenters. The Hall–Kier alpha value is -7.43. The van der Waals surface area contributed by atoms with Crippen LogP contribution in [0.1, 0.15) is 25.0 Å². The Kier molecular flexibility index (Phi) is 7.80. The van der Waals surface area contributed by atoms with E-state index in [0.717, 1.165) is 56.3 Å². The second-order valence-corrected chi connectivity index (χ2v) is 15.7. The van der Waals surface area contributed by atoms with E-state index in [1.807, 2.05) is 12.3 Å². The van der Waals surface area contributed by atoms with Crippen LogP contribution in [-0.4, -0.2) is 19.5 Å². The van der Waals surface area contributed by atoms with Gasteiger partial charge < -0.3 is 4.57 Å². The molecule has 4 heteroatoms. The maximum atomic E-state index is 5.42. The first-order valence-electron chi connectivity index (χ1n) is 19.8. The summed E-state index contributed by atoms with van der Waals surface area (Å²) in [6.45, 7) is 4.60. The molecule has 274 valence electrons. The number of hydrogen-bond acceptors (Lipinski definition) is 3.